The van der Waals surface area contributed by atoms with Gasteiger partial charge in [0.2, 0.25) is 0 Å². The van der Waals surface area contributed by atoms with Crippen LogP contribution in [0.2, 0.25) is 0 Å². The van der Waals surface area contributed by atoms with Crippen LogP contribution in [0.3, 0.4) is 0 Å². The van der Waals surface area contributed by atoms with Crippen molar-refractivity contribution < 1.29 is 0 Å². The minimum Gasteiger partial charge on any atom is -0.405 e. The predicted molar refractivity (Wildman–Crippen MR) is 264 cm³/mol. The second kappa shape index (κ2) is 16.8. The normalized spacial score (nSPS) is 11.7. The highest BCUT2D eigenvalue weighted by Gasteiger charge is 2.21. The number of allylic oxidation sites excluding steroid dienone is 3. The van der Waals surface area contributed by atoms with Crippen LogP contribution < -0.4 is 10.6 Å². The third-order valence-electron chi connectivity index (χ3n) is 11.8. The maximum atomic E-state index is 5.81. The molecule has 0 bridgehead atoms. The van der Waals surface area contributed by atoms with E-state index in [1.807, 2.05) is 13.0 Å². The average Bonchev–Trinajstić information content (AvgIpc) is 3.68. The van der Waals surface area contributed by atoms with Crippen molar-refractivity contribution in [3.05, 3.63) is 248 Å². The Labute approximate surface area is 363 Å². The van der Waals surface area contributed by atoms with Crippen LogP contribution in [0.5, 0.6) is 0 Å². The maximum Gasteiger partial charge on any atom is 0.0619 e. The number of nitrogens with two attached hydrogens (primary N) is 1. The summed E-state index contributed by atoms with van der Waals surface area (Å²) in [4.78, 5) is 2.33. The molecule has 0 radical (unpaired) electrons. The first-order valence-corrected chi connectivity index (χ1v) is 21.2. The second-order valence-corrected chi connectivity index (χ2v) is 15.5. The highest BCUT2D eigenvalue weighted by atomic mass is 15.1. The van der Waals surface area contributed by atoms with Gasteiger partial charge in [-0.15, -0.1) is 0 Å². The zero-order valence-electron chi connectivity index (χ0n) is 34.6. The van der Waals surface area contributed by atoms with E-state index in [2.05, 4.69) is 240 Å². The summed E-state index contributed by atoms with van der Waals surface area (Å²) in [6.45, 7) is 2.04. The average molecular weight is 796 g/mol. The molecule has 10 aromatic rings. The monoisotopic (exact) mass is 795 g/mol. The number of fused-ring (bicyclic) bond motifs is 3. The van der Waals surface area contributed by atoms with E-state index in [0.717, 1.165) is 39.4 Å². The molecular formula is C59H45N3. The third kappa shape index (κ3) is 7.27. The van der Waals surface area contributed by atoms with Gasteiger partial charge in [0.15, 0.2) is 0 Å². The molecule has 0 aliphatic rings. The van der Waals surface area contributed by atoms with E-state index in [9.17, 15) is 0 Å². The third-order valence-corrected chi connectivity index (χ3v) is 11.8. The van der Waals surface area contributed by atoms with Crippen LogP contribution >= 0.6 is 0 Å². The molecule has 9 aromatic carbocycles. The molecule has 296 valence electrons. The van der Waals surface area contributed by atoms with Crippen molar-refractivity contribution >= 4 is 44.4 Å². The first-order valence-electron chi connectivity index (χ1n) is 21.2. The van der Waals surface area contributed by atoms with Gasteiger partial charge in [0, 0.05) is 39.1 Å². The Morgan fingerprint density at radius 2 is 0.903 bits per heavy atom. The Morgan fingerprint density at radius 1 is 0.435 bits per heavy atom. The van der Waals surface area contributed by atoms with Crippen LogP contribution in [-0.4, -0.2) is 4.57 Å². The summed E-state index contributed by atoms with van der Waals surface area (Å²) in [5.74, 6) is 0. The van der Waals surface area contributed by atoms with E-state index in [1.165, 1.54) is 60.8 Å². The number of anilines is 3. The molecule has 0 unspecified atom stereocenters. The van der Waals surface area contributed by atoms with E-state index in [0.29, 0.717) is 0 Å². The maximum absolute atomic E-state index is 5.81. The summed E-state index contributed by atoms with van der Waals surface area (Å²) in [5, 5.41) is 2.43. The molecule has 10 rings (SSSR count). The molecule has 2 N–H and O–H groups in total. The lowest BCUT2D eigenvalue weighted by Crippen LogP contribution is -2.10. The van der Waals surface area contributed by atoms with Gasteiger partial charge in [0.25, 0.3) is 0 Å². The van der Waals surface area contributed by atoms with Crippen molar-refractivity contribution in [3.8, 4) is 50.2 Å². The zero-order valence-corrected chi connectivity index (χ0v) is 34.6. The van der Waals surface area contributed by atoms with Gasteiger partial charge < -0.3 is 15.2 Å². The van der Waals surface area contributed by atoms with Gasteiger partial charge in [-0.2, -0.15) is 0 Å². The zero-order chi connectivity index (χ0) is 41.8. The number of aromatic nitrogens is 1. The molecule has 3 nitrogen and oxygen atoms in total. The van der Waals surface area contributed by atoms with Crippen LogP contribution in [0.15, 0.2) is 243 Å². The fraction of sp³-hybridized carbons (Fsp3) is 0.0169. The van der Waals surface area contributed by atoms with Gasteiger partial charge in [-0.3, -0.25) is 0 Å². The predicted octanol–water partition coefficient (Wildman–Crippen LogP) is 15.8. The molecule has 1 aromatic heterocycles. The fourth-order valence-electron chi connectivity index (χ4n) is 8.76. The van der Waals surface area contributed by atoms with Crippen molar-refractivity contribution in [1.82, 2.24) is 4.57 Å². The highest BCUT2D eigenvalue weighted by molar-refractivity contribution is 6.16. The first-order chi connectivity index (χ1) is 30.7. The molecule has 0 aliphatic heterocycles. The van der Waals surface area contributed by atoms with E-state index >= 15 is 0 Å². The molecule has 0 saturated heterocycles. The van der Waals surface area contributed by atoms with Gasteiger partial charge in [-0.25, -0.2) is 0 Å². The van der Waals surface area contributed by atoms with Crippen LogP contribution in [0.25, 0.3) is 77.6 Å². The Bertz CT molecular complexity index is 3180. The first kappa shape index (κ1) is 38.1. The summed E-state index contributed by atoms with van der Waals surface area (Å²) < 4.78 is 2.47. The van der Waals surface area contributed by atoms with Crippen molar-refractivity contribution in [2.24, 2.45) is 5.73 Å². The summed E-state index contributed by atoms with van der Waals surface area (Å²) in [6, 6.07) is 81.0. The summed E-state index contributed by atoms with van der Waals surface area (Å²) in [6.07, 6.45) is 5.62. The molecule has 1 heterocycles. The van der Waals surface area contributed by atoms with E-state index in [-0.39, 0.29) is 0 Å². The SMILES string of the molecule is C/C=C(\C=C/N)c1ccc(N(c2ccc(-c3ccccc3)cc2)c2ccc(-n3c4cc(-c5ccccc5)ccc4c4cc(-c5ccccc5)cc(-c5ccccc5)c43)cc2)cc1. The molecular weight excluding hydrogens is 751 g/mol. The van der Waals surface area contributed by atoms with E-state index in [4.69, 9.17) is 5.73 Å². The quantitative estimate of drug-likeness (QED) is 0.140. The number of hydrogen-bond donors (Lipinski definition) is 1. The second-order valence-electron chi connectivity index (χ2n) is 15.5. The minimum atomic E-state index is 1.06. The standard InChI is InChI=1S/C59H45N3/c1-2-42(37-38-60)46-23-28-51(29-24-46)61(52-30-25-47(26-31-52)43-15-7-3-8-16-43)53-32-34-54(35-33-53)62-58-41-49(44-17-9-4-10-18-44)27-36-55(58)57-40-50(45-19-11-5-12-20-45)39-56(59(57)62)48-21-13-6-14-22-48/h2-41H,60H2,1H3/b38-37-,42-2+. The van der Waals surface area contributed by atoms with Gasteiger partial charge in [-0.05, 0) is 136 Å². The Hall–Kier alpha value is -8.14. The lowest BCUT2D eigenvalue weighted by atomic mass is 9.95. The smallest absolute Gasteiger partial charge is 0.0619 e. The van der Waals surface area contributed by atoms with Crippen molar-refractivity contribution in [2.75, 3.05) is 4.90 Å². The van der Waals surface area contributed by atoms with E-state index < -0.39 is 0 Å². The molecule has 62 heavy (non-hydrogen) atoms. The van der Waals surface area contributed by atoms with E-state index in [1.54, 1.807) is 6.20 Å². The Morgan fingerprint density at radius 3 is 1.45 bits per heavy atom. The van der Waals surface area contributed by atoms with Gasteiger partial charge in [0.05, 0.1) is 11.0 Å². The lowest BCUT2D eigenvalue weighted by Gasteiger charge is -2.26. The number of benzene rings is 9. The summed E-state index contributed by atoms with van der Waals surface area (Å²) >= 11 is 0. The van der Waals surface area contributed by atoms with Gasteiger partial charge in [-0.1, -0.05) is 164 Å². The molecule has 0 aliphatic carbocycles. The largest absolute Gasteiger partial charge is 0.405 e. The van der Waals surface area contributed by atoms with Crippen molar-refractivity contribution in [1.29, 1.82) is 0 Å². The molecule has 3 heteroatoms. The number of rotatable bonds is 10. The highest BCUT2D eigenvalue weighted by Crippen LogP contribution is 2.43. The molecule has 0 spiro atoms. The summed E-state index contributed by atoms with van der Waals surface area (Å²) in [7, 11) is 0. The fourth-order valence-corrected chi connectivity index (χ4v) is 8.76. The van der Waals surface area contributed by atoms with Crippen LogP contribution in [-0.2, 0) is 0 Å². The summed E-state index contributed by atoms with van der Waals surface area (Å²) in [5.41, 5.74) is 24.1. The topological polar surface area (TPSA) is 34.2 Å². The molecule has 0 amide bonds. The van der Waals surface area contributed by atoms with Gasteiger partial charge >= 0.3 is 0 Å². The van der Waals surface area contributed by atoms with Crippen molar-refractivity contribution in [2.45, 2.75) is 6.92 Å². The number of nitrogens with zero attached hydrogens (tertiary/aromatic N) is 2. The van der Waals surface area contributed by atoms with Gasteiger partial charge in [0.1, 0.15) is 0 Å². The molecule has 0 saturated carbocycles. The van der Waals surface area contributed by atoms with Crippen molar-refractivity contribution in [3.63, 3.8) is 0 Å². The van der Waals surface area contributed by atoms with Crippen LogP contribution in [0.1, 0.15) is 12.5 Å². The minimum absolute atomic E-state index is 1.06. The number of hydrogen-bond acceptors (Lipinski definition) is 2. The Balaban J connectivity index is 1.16. The van der Waals surface area contributed by atoms with Crippen LogP contribution in [0, 0.1) is 0 Å². The molecule has 0 fully saturated rings. The molecule has 0 atom stereocenters. The lowest BCUT2D eigenvalue weighted by molar-refractivity contribution is 1.17. The Kier molecular flexibility index (Phi) is 10.3. The van der Waals surface area contributed by atoms with Crippen LogP contribution in [0.4, 0.5) is 17.1 Å².